The van der Waals surface area contributed by atoms with Crippen LogP contribution in [0.3, 0.4) is 0 Å². The fourth-order valence-corrected chi connectivity index (χ4v) is 3.42. The summed E-state index contributed by atoms with van der Waals surface area (Å²) in [7, 11) is 0. The van der Waals surface area contributed by atoms with Gasteiger partial charge in [0.05, 0.1) is 0 Å². The molecule has 0 amide bonds. The Bertz CT molecular complexity index is 379. The van der Waals surface area contributed by atoms with Gasteiger partial charge in [0.15, 0.2) is 0 Å². The van der Waals surface area contributed by atoms with Crippen LogP contribution in [0.4, 0.5) is 0 Å². The van der Waals surface area contributed by atoms with E-state index in [-0.39, 0.29) is 0 Å². The van der Waals surface area contributed by atoms with E-state index in [1.165, 1.54) is 43.4 Å². The van der Waals surface area contributed by atoms with Crippen LogP contribution in [0, 0.1) is 17.8 Å². The van der Waals surface area contributed by atoms with E-state index < -0.39 is 0 Å². The number of aryl methyl sites for hydroxylation is 1. The third-order valence-corrected chi connectivity index (χ3v) is 4.70. The van der Waals surface area contributed by atoms with Gasteiger partial charge in [-0.15, -0.1) is 0 Å². The molecule has 0 radical (unpaired) electrons. The standard InChI is InChI=1S/C19H31N/c1-4-16-8-10-17(11-9-16)12-18-6-5-7-19(18)14-20-13-15(2)3/h8-11,15,18-20H,4-7,12-14H2,1-3H3. The first-order valence-electron chi connectivity index (χ1n) is 8.47. The highest BCUT2D eigenvalue weighted by molar-refractivity contribution is 5.23. The van der Waals surface area contributed by atoms with E-state index in [1.807, 2.05) is 0 Å². The topological polar surface area (TPSA) is 12.0 Å². The molecule has 0 heterocycles. The number of hydrogen-bond donors (Lipinski definition) is 1. The van der Waals surface area contributed by atoms with Crippen molar-refractivity contribution in [3.05, 3.63) is 35.4 Å². The lowest BCUT2D eigenvalue weighted by Gasteiger charge is -2.21. The molecule has 1 fully saturated rings. The van der Waals surface area contributed by atoms with Gasteiger partial charge in [-0.05, 0) is 67.7 Å². The molecule has 1 aromatic carbocycles. The Morgan fingerprint density at radius 3 is 2.35 bits per heavy atom. The molecule has 0 aromatic heterocycles. The van der Waals surface area contributed by atoms with E-state index in [0.29, 0.717) is 0 Å². The molecule has 1 aliphatic rings. The zero-order chi connectivity index (χ0) is 14.4. The second-order valence-corrected chi connectivity index (χ2v) is 6.88. The number of nitrogens with one attached hydrogen (secondary N) is 1. The molecule has 1 aliphatic carbocycles. The van der Waals surface area contributed by atoms with Crippen molar-refractivity contribution in [1.29, 1.82) is 0 Å². The van der Waals surface area contributed by atoms with Crippen molar-refractivity contribution >= 4 is 0 Å². The van der Waals surface area contributed by atoms with Gasteiger partial charge in [-0.3, -0.25) is 0 Å². The van der Waals surface area contributed by atoms with Crippen LogP contribution in [0.15, 0.2) is 24.3 Å². The lowest BCUT2D eigenvalue weighted by atomic mass is 9.89. The molecule has 1 saturated carbocycles. The monoisotopic (exact) mass is 273 g/mol. The molecule has 20 heavy (non-hydrogen) atoms. The molecular weight excluding hydrogens is 242 g/mol. The number of hydrogen-bond acceptors (Lipinski definition) is 1. The Hall–Kier alpha value is -0.820. The minimum atomic E-state index is 0.761. The van der Waals surface area contributed by atoms with Gasteiger partial charge in [0, 0.05) is 0 Å². The molecule has 1 N–H and O–H groups in total. The van der Waals surface area contributed by atoms with E-state index in [0.717, 1.165) is 30.7 Å². The second kappa shape index (κ2) is 7.83. The van der Waals surface area contributed by atoms with Gasteiger partial charge in [0.1, 0.15) is 0 Å². The van der Waals surface area contributed by atoms with Crippen LogP contribution >= 0.6 is 0 Å². The summed E-state index contributed by atoms with van der Waals surface area (Å²) in [4.78, 5) is 0. The van der Waals surface area contributed by atoms with Crippen molar-refractivity contribution in [2.45, 2.75) is 52.9 Å². The summed E-state index contributed by atoms with van der Waals surface area (Å²) in [6, 6.07) is 9.29. The van der Waals surface area contributed by atoms with Crippen molar-refractivity contribution in [2.75, 3.05) is 13.1 Å². The Morgan fingerprint density at radius 2 is 1.70 bits per heavy atom. The van der Waals surface area contributed by atoms with Gasteiger partial charge in [-0.1, -0.05) is 51.5 Å². The summed E-state index contributed by atoms with van der Waals surface area (Å²) in [5.41, 5.74) is 2.98. The molecule has 0 aliphatic heterocycles. The normalized spacial score (nSPS) is 22.6. The second-order valence-electron chi connectivity index (χ2n) is 6.88. The Morgan fingerprint density at radius 1 is 1.05 bits per heavy atom. The van der Waals surface area contributed by atoms with Gasteiger partial charge >= 0.3 is 0 Å². The summed E-state index contributed by atoms with van der Waals surface area (Å²) >= 11 is 0. The zero-order valence-corrected chi connectivity index (χ0v) is 13.5. The quantitative estimate of drug-likeness (QED) is 0.773. The smallest absolute Gasteiger partial charge is 0.00176 e. The highest BCUT2D eigenvalue weighted by Crippen LogP contribution is 2.33. The van der Waals surface area contributed by atoms with Crippen molar-refractivity contribution in [3.63, 3.8) is 0 Å². The van der Waals surface area contributed by atoms with Gasteiger partial charge in [-0.2, -0.15) is 0 Å². The molecule has 0 saturated heterocycles. The average molecular weight is 273 g/mol. The lowest BCUT2D eigenvalue weighted by molar-refractivity contribution is 0.357. The van der Waals surface area contributed by atoms with Crippen molar-refractivity contribution in [2.24, 2.45) is 17.8 Å². The first kappa shape index (κ1) is 15.6. The van der Waals surface area contributed by atoms with Crippen LogP contribution in [0.25, 0.3) is 0 Å². The third-order valence-electron chi connectivity index (χ3n) is 4.70. The van der Waals surface area contributed by atoms with Crippen molar-refractivity contribution in [1.82, 2.24) is 5.32 Å². The van der Waals surface area contributed by atoms with Crippen molar-refractivity contribution in [3.8, 4) is 0 Å². The third kappa shape index (κ3) is 4.63. The summed E-state index contributed by atoms with van der Waals surface area (Å²) in [5.74, 6) is 2.54. The molecule has 0 bridgehead atoms. The summed E-state index contributed by atoms with van der Waals surface area (Å²) in [5, 5.41) is 3.66. The van der Waals surface area contributed by atoms with Gasteiger partial charge in [0.25, 0.3) is 0 Å². The van der Waals surface area contributed by atoms with Crippen LogP contribution in [0.1, 0.15) is 51.2 Å². The maximum Gasteiger partial charge on any atom is -0.00176 e. The number of rotatable bonds is 7. The highest BCUT2D eigenvalue weighted by Gasteiger charge is 2.26. The van der Waals surface area contributed by atoms with E-state index in [4.69, 9.17) is 0 Å². The molecule has 2 rings (SSSR count). The van der Waals surface area contributed by atoms with Crippen LogP contribution in [-0.2, 0) is 12.8 Å². The Labute approximate surface area is 125 Å². The SMILES string of the molecule is CCc1ccc(CC2CCCC2CNCC(C)C)cc1. The molecule has 1 nitrogen and oxygen atoms in total. The van der Waals surface area contributed by atoms with E-state index in [1.54, 1.807) is 0 Å². The van der Waals surface area contributed by atoms with Crippen LogP contribution in [0.2, 0.25) is 0 Å². The maximum atomic E-state index is 3.66. The van der Waals surface area contributed by atoms with E-state index in [2.05, 4.69) is 50.4 Å². The van der Waals surface area contributed by atoms with Crippen LogP contribution in [0.5, 0.6) is 0 Å². The van der Waals surface area contributed by atoms with Gasteiger partial charge < -0.3 is 5.32 Å². The highest BCUT2D eigenvalue weighted by atomic mass is 14.9. The number of benzene rings is 1. The van der Waals surface area contributed by atoms with E-state index in [9.17, 15) is 0 Å². The summed E-state index contributed by atoms with van der Waals surface area (Å²) < 4.78 is 0. The molecule has 2 unspecified atom stereocenters. The van der Waals surface area contributed by atoms with Crippen LogP contribution < -0.4 is 5.32 Å². The maximum absolute atomic E-state index is 3.66. The predicted octanol–water partition coefficient (Wildman–Crippen LogP) is 4.45. The summed E-state index contributed by atoms with van der Waals surface area (Å²) in [6.45, 7) is 9.18. The van der Waals surface area contributed by atoms with Gasteiger partial charge in [-0.25, -0.2) is 0 Å². The first-order valence-corrected chi connectivity index (χ1v) is 8.47. The molecule has 112 valence electrons. The molecule has 0 spiro atoms. The Balaban J connectivity index is 1.83. The lowest BCUT2D eigenvalue weighted by Crippen LogP contribution is -2.28. The van der Waals surface area contributed by atoms with Crippen LogP contribution in [-0.4, -0.2) is 13.1 Å². The minimum Gasteiger partial charge on any atom is -0.316 e. The zero-order valence-electron chi connectivity index (χ0n) is 13.5. The van der Waals surface area contributed by atoms with Gasteiger partial charge in [0.2, 0.25) is 0 Å². The minimum absolute atomic E-state index is 0.761. The first-order chi connectivity index (χ1) is 9.69. The largest absolute Gasteiger partial charge is 0.316 e. The Kier molecular flexibility index (Phi) is 6.09. The summed E-state index contributed by atoms with van der Waals surface area (Å²) in [6.07, 6.45) is 6.68. The fourth-order valence-electron chi connectivity index (χ4n) is 3.42. The average Bonchev–Trinajstić information content (AvgIpc) is 2.87. The predicted molar refractivity (Wildman–Crippen MR) is 88.1 cm³/mol. The molecule has 1 aromatic rings. The van der Waals surface area contributed by atoms with E-state index >= 15 is 0 Å². The fraction of sp³-hybridized carbons (Fsp3) is 0.684. The molecule has 2 atom stereocenters. The van der Waals surface area contributed by atoms with Crippen molar-refractivity contribution < 1.29 is 0 Å². The molecule has 1 heteroatoms. The molecular formula is C19H31N.